The molecule has 0 aliphatic carbocycles. The van der Waals surface area contributed by atoms with Gasteiger partial charge < -0.3 is 9.47 Å². The highest BCUT2D eigenvalue weighted by Gasteiger charge is 2.26. The molecule has 0 amide bonds. The van der Waals surface area contributed by atoms with Crippen LogP contribution in [0, 0.1) is 0 Å². The number of likely N-dealkylation sites (tertiary alicyclic amines) is 1. The predicted octanol–water partition coefficient (Wildman–Crippen LogP) is 3.82. The van der Waals surface area contributed by atoms with Gasteiger partial charge in [0.25, 0.3) is 0 Å². The van der Waals surface area contributed by atoms with Crippen LogP contribution in [-0.2, 0) is 13.1 Å². The molecular weight excluding hydrogens is 394 g/mol. The van der Waals surface area contributed by atoms with E-state index in [0.29, 0.717) is 12.1 Å². The van der Waals surface area contributed by atoms with E-state index in [4.69, 9.17) is 9.47 Å². The van der Waals surface area contributed by atoms with Gasteiger partial charge in [-0.3, -0.25) is 14.8 Å². The van der Waals surface area contributed by atoms with Crippen LogP contribution in [0.1, 0.15) is 30.4 Å². The molecule has 6 heteroatoms. The number of thioether (sulfide) groups is 1. The fourth-order valence-electron chi connectivity index (χ4n) is 4.74. The first-order valence-electron chi connectivity index (χ1n) is 11.2. The van der Waals surface area contributed by atoms with Crippen molar-refractivity contribution in [1.82, 2.24) is 14.8 Å². The van der Waals surface area contributed by atoms with Gasteiger partial charge in [0, 0.05) is 56.3 Å². The topological polar surface area (TPSA) is 37.8 Å². The predicted molar refractivity (Wildman–Crippen MR) is 121 cm³/mol. The molecule has 0 saturated carbocycles. The molecule has 0 bridgehead atoms. The lowest BCUT2D eigenvalue weighted by Crippen LogP contribution is -2.37. The Morgan fingerprint density at radius 1 is 1.13 bits per heavy atom. The van der Waals surface area contributed by atoms with Crippen molar-refractivity contribution in [2.75, 3.05) is 37.7 Å². The number of aromatic nitrogens is 1. The largest absolute Gasteiger partial charge is 0.492 e. The normalized spacial score (nSPS) is 23.5. The number of benzene rings is 1. The van der Waals surface area contributed by atoms with Gasteiger partial charge in [-0.2, -0.15) is 11.8 Å². The number of hydrogen-bond donors (Lipinski definition) is 0. The lowest BCUT2D eigenvalue weighted by atomic mass is 10.0. The quantitative estimate of drug-likeness (QED) is 0.725. The first kappa shape index (κ1) is 20.2. The minimum atomic E-state index is 0.295. The first-order valence-corrected chi connectivity index (χ1v) is 12.3. The van der Waals surface area contributed by atoms with Gasteiger partial charge in [0.2, 0.25) is 0 Å². The number of rotatable bonds is 5. The molecule has 30 heavy (non-hydrogen) atoms. The molecule has 1 atom stereocenters. The number of nitrogens with zero attached hydrogens (tertiary/aromatic N) is 3. The third-order valence-corrected chi connectivity index (χ3v) is 7.58. The number of hydrogen-bond acceptors (Lipinski definition) is 6. The second kappa shape index (κ2) is 9.58. The van der Waals surface area contributed by atoms with Crippen LogP contribution in [0.4, 0.5) is 0 Å². The molecule has 4 heterocycles. The first-order chi connectivity index (χ1) is 14.8. The van der Waals surface area contributed by atoms with Crippen LogP contribution in [0.25, 0.3) is 0 Å². The molecule has 1 aromatic heterocycles. The summed E-state index contributed by atoms with van der Waals surface area (Å²) >= 11 is 2.09. The van der Waals surface area contributed by atoms with Crippen molar-refractivity contribution < 1.29 is 9.47 Å². The van der Waals surface area contributed by atoms with Crippen molar-refractivity contribution in [2.24, 2.45) is 0 Å². The van der Waals surface area contributed by atoms with Crippen LogP contribution in [0.15, 0.2) is 42.7 Å². The van der Waals surface area contributed by atoms with Gasteiger partial charge in [0.05, 0.1) is 6.20 Å². The summed E-state index contributed by atoms with van der Waals surface area (Å²) < 4.78 is 12.2. The third-order valence-electron chi connectivity index (χ3n) is 6.43. The van der Waals surface area contributed by atoms with Crippen molar-refractivity contribution in [3.05, 3.63) is 53.9 Å². The van der Waals surface area contributed by atoms with E-state index in [9.17, 15) is 0 Å². The number of piperidine rings is 1. The molecule has 2 saturated heterocycles. The summed E-state index contributed by atoms with van der Waals surface area (Å²) in [7, 11) is 0. The van der Waals surface area contributed by atoms with Crippen LogP contribution in [0.5, 0.6) is 11.5 Å². The zero-order valence-electron chi connectivity index (χ0n) is 17.5. The molecule has 0 radical (unpaired) electrons. The van der Waals surface area contributed by atoms with Crippen LogP contribution in [0.2, 0.25) is 0 Å². The van der Waals surface area contributed by atoms with Crippen LogP contribution >= 0.6 is 11.8 Å². The van der Waals surface area contributed by atoms with Gasteiger partial charge in [0.15, 0.2) is 0 Å². The minimum absolute atomic E-state index is 0.295. The van der Waals surface area contributed by atoms with Crippen molar-refractivity contribution in [2.45, 2.75) is 44.5 Å². The summed E-state index contributed by atoms with van der Waals surface area (Å²) in [5, 5.41) is 0. The van der Waals surface area contributed by atoms with Crippen molar-refractivity contribution >= 4 is 11.8 Å². The number of ether oxygens (including phenoxy) is 2. The van der Waals surface area contributed by atoms with Gasteiger partial charge in [-0.15, -0.1) is 0 Å². The Balaban J connectivity index is 1.17. The van der Waals surface area contributed by atoms with E-state index in [1.807, 2.05) is 12.1 Å². The third kappa shape index (κ3) is 4.93. The van der Waals surface area contributed by atoms with E-state index in [-0.39, 0.29) is 0 Å². The van der Waals surface area contributed by atoms with E-state index in [1.54, 1.807) is 12.4 Å². The molecule has 0 spiro atoms. The summed E-state index contributed by atoms with van der Waals surface area (Å²) in [4.78, 5) is 9.33. The Bertz CT molecular complexity index is 820. The van der Waals surface area contributed by atoms with Crippen molar-refractivity contribution in [3.8, 4) is 11.5 Å². The smallest absolute Gasteiger partial charge is 0.137 e. The lowest BCUT2D eigenvalue weighted by molar-refractivity contribution is 0.0965. The molecule has 3 aliphatic rings. The molecule has 1 aromatic carbocycles. The second-order valence-electron chi connectivity index (χ2n) is 8.56. The highest BCUT2D eigenvalue weighted by atomic mass is 32.2. The van der Waals surface area contributed by atoms with Gasteiger partial charge in [0.1, 0.15) is 24.2 Å². The van der Waals surface area contributed by atoms with Gasteiger partial charge in [-0.05, 0) is 54.8 Å². The zero-order chi connectivity index (χ0) is 20.2. The molecule has 2 aromatic rings. The van der Waals surface area contributed by atoms with E-state index in [1.165, 1.54) is 29.1 Å². The minimum Gasteiger partial charge on any atom is -0.492 e. The summed E-state index contributed by atoms with van der Waals surface area (Å²) in [6.07, 6.45) is 7.33. The maximum absolute atomic E-state index is 6.09. The Morgan fingerprint density at radius 3 is 2.87 bits per heavy atom. The number of pyridine rings is 1. The molecule has 0 N–H and O–H groups in total. The lowest BCUT2D eigenvalue weighted by Gasteiger charge is -2.32. The van der Waals surface area contributed by atoms with Gasteiger partial charge >= 0.3 is 0 Å². The average Bonchev–Trinajstić information content (AvgIpc) is 3.23. The van der Waals surface area contributed by atoms with E-state index in [0.717, 1.165) is 63.7 Å². The summed E-state index contributed by atoms with van der Waals surface area (Å²) in [6, 6.07) is 11.5. The highest BCUT2D eigenvalue weighted by molar-refractivity contribution is 7.99. The molecule has 5 nitrogen and oxygen atoms in total. The van der Waals surface area contributed by atoms with Crippen LogP contribution in [0.3, 0.4) is 0 Å². The molecule has 160 valence electrons. The fraction of sp³-hybridized carbons (Fsp3) is 0.542. The average molecular weight is 426 g/mol. The summed E-state index contributed by atoms with van der Waals surface area (Å²) in [5.41, 5.74) is 2.75. The monoisotopic (exact) mass is 425 g/mol. The van der Waals surface area contributed by atoms with E-state index >= 15 is 0 Å². The standard InChI is InChI=1S/C24H31N3O2S/c1-2-23(15-25-8-1)29-22-5-9-26(10-6-22)16-19-3-4-24-20(14-19)17-27(11-12-28-24)21-7-13-30-18-21/h1-4,8,14-15,21-22H,5-7,9-13,16-18H2. The molecule has 1 unspecified atom stereocenters. The Morgan fingerprint density at radius 2 is 2.07 bits per heavy atom. The van der Waals surface area contributed by atoms with Gasteiger partial charge in [-0.25, -0.2) is 0 Å². The number of fused-ring (bicyclic) bond motifs is 1. The van der Waals surface area contributed by atoms with Crippen molar-refractivity contribution in [1.29, 1.82) is 0 Å². The Hall–Kier alpha value is -1.76. The highest BCUT2D eigenvalue weighted by Crippen LogP contribution is 2.30. The Labute approximate surface area is 183 Å². The molecule has 3 aliphatic heterocycles. The van der Waals surface area contributed by atoms with Crippen LogP contribution in [-0.4, -0.2) is 64.7 Å². The maximum atomic E-state index is 6.09. The molecule has 5 rings (SSSR count). The van der Waals surface area contributed by atoms with Crippen LogP contribution < -0.4 is 9.47 Å². The van der Waals surface area contributed by atoms with E-state index < -0.39 is 0 Å². The summed E-state index contributed by atoms with van der Waals surface area (Å²) in [6.45, 7) is 6.02. The fourth-order valence-corrected chi connectivity index (χ4v) is 6.00. The molecule has 2 fully saturated rings. The second-order valence-corrected chi connectivity index (χ2v) is 9.71. The summed E-state index contributed by atoms with van der Waals surface area (Å²) in [5.74, 6) is 4.53. The SMILES string of the molecule is c1cncc(OC2CCN(Cc3ccc4c(c3)CN(C3CCSC3)CCO4)CC2)c1. The van der Waals surface area contributed by atoms with E-state index in [2.05, 4.69) is 44.7 Å². The Kier molecular flexibility index (Phi) is 6.44. The van der Waals surface area contributed by atoms with Gasteiger partial charge in [-0.1, -0.05) is 6.07 Å². The van der Waals surface area contributed by atoms with Crippen molar-refractivity contribution in [3.63, 3.8) is 0 Å². The molecular formula is C24H31N3O2S. The maximum Gasteiger partial charge on any atom is 0.137 e. The zero-order valence-corrected chi connectivity index (χ0v) is 18.4.